The second-order valence-corrected chi connectivity index (χ2v) is 6.94. The largest absolute Gasteiger partial charge is 0.318 e. The molecule has 1 aliphatic rings. The minimum Gasteiger partial charge on any atom is -0.318 e. The number of hydrogen-bond donors (Lipinski definition) is 2. The maximum absolute atomic E-state index is 12.5. The quantitative estimate of drug-likeness (QED) is 0.874. The average molecular weight is 318 g/mol. The zero-order valence-corrected chi connectivity index (χ0v) is 13.0. The molecule has 0 amide bonds. The standard InChI is InChI=1S/C13H20ClN3O2S/c1-15-10-11-6-4-5-9-17(11)20(18,19)16-13-8-3-2-7-12(13)14/h2-3,7-8,11,15-16H,4-6,9-10H2,1H3. The number of piperidine rings is 1. The zero-order valence-electron chi connectivity index (χ0n) is 11.5. The summed E-state index contributed by atoms with van der Waals surface area (Å²) in [6.45, 7) is 1.20. The van der Waals surface area contributed by atoms with Crippen molar-refractivity contribution in [3.05, 3.63) is 29.3 Å². The van der Waals surface area contributed by atoms with Gasteiger partial charge < -0.3 is 5.32 Å². The van der Waals surface area contributed by atoms with E-state index in [0.29, 0.717) is 23.8 Å². The molecule has 2 N–H and O–H groups in total. The molecule has 5 nitrogen and oxygen atoms in total. The summed E-state index contributed by atoms with van der Waals surface area (Å²) in [7, 11) is -1.74. The number of likely N-dealkylation sites (N-methyl/N-ethyl adjacent to an activating group) is 1. The van der Waals surface area contributed by atoms with Crippen molar-refractivity contribution < 1.29 is 8.42 Å². The first-order chi connectivity index (χ1) is 9.54. The lowest BCUT2D eigenvalue weighted by Gasteiger charge is -2.34. The van der Waals surface area contributed by atoms with Gasteiger partial charge in [0.15, 0.2) is 0 Å². The summed E-state index contributed by atoms with van der Waals surface area (Å²) in [5.41, 5.74) is 0.419. The van der Waals surface area contributed by atoms with Gasteiger partial charge in [-0.05, 0) is 32.0 Å². The number of para-hydroxylation sites is 1. The van der Waals surface area contributed by atoms with Crippen LogP contribution in [0.1, 0.15) is 19.3 Å². The van der Waals surface area contributed by atoms with Crippen LogP contribution in [0.3, 0.4) is 0 Å². The van der Waals surface area contributed by atoms with Crippen molar-refractivity contribution in [2.75, 3.05) is 24.9 Å². The van der Waals surface area contributed by atoms with Gasteiger partial charge in [0.2, 0.25) is 0 Å². The molecule has 0 bridgehead atoms. The molecule has 20 heavy (non-hydrogen) atoms. The second kappa shape index (κ2) is 6.76. The molecule has 1 saturated heterocycles. The van der Waals surface area contributed by atoms with Gasteiger partial charge in [0.1, 0.15) is 0 Å². The van der Waals surface area contributed by atoms with Crippen molar-refractivity contribution in [2.24, 2.45) is 0 Å². The van der Waals surface area contributed by atoms with E-state index < -0.39 is 10.2 Å². The summed E-state index contributed by atoms with van der Waals surface area (Å²) in [5.74, 6) is 0. The van der Waals surface area contributed by atoms with E-state index in [0.717, 1.165) is 19.3 Å². The lowest BCUT2D eigenvalue weighted by Crippen LogP contribution is -2.49. The molecular formula is C13H20ClN3O2S. The van der Waals surface area contributed by atoms with E-state index in [9.17, 15) is 8.42 Å². The van der Waals surface area contributed by atoms with E-state index in [1.165, 1.54) is 4.31 Å². The molecule has 0 aromatic heterocycles. The lowest BCUT2D eigenvalue weighted by molar-refractivity contribution is 0.250. The Morgan fingerprint density at radius 1 is 1.35 bits per heavy atom. The smallest absolute Gasteiger partial charge is 0.301 e. The summed E-state index contributed by atoms with van der Waals surface area (Å²) >= 11 is 6.01. The van der Waals surface area contributed by atoms with Crippen LogP contribution in [0.2, 0.25) is 5.02 Å². The van der Waals surface area contributed by atoms with Gasteiger partial charge in [0.25, 0.3) is 0 Å². The van der Waals surface area contributed by atoms with Crippen LogP contribution < -0.4 is 10.0 Å². The molecule has 2 rings (SSSR count). The van der Waals surface area contributed by atoms with Gasteiger partial charge in [-0.15, -0.1) is 0 Å². The third kappa shape index (κ3) is 3.63. The van der Waals surface area contributed by atoms with Gasteiger partial charge in [-0.1, -0.05) is 30.2 Å². The average Bonchev–Trinajstić information content (AvgIpc) is 2.42. The predicted octanol–water partition coefficient (Wildman–Crippen LogP) is 2.07. The molecule has 0 saturated carbocycles. The number of hydrogen-bond acceptors (Lipinski definition) is 3. The SMILES string of the molecule is CNCC1CCCCN1S(=O)(=O)Nc1ccccc1Cl. The summed E-state index contributed by atoms with van der Waals surface area (Å²) in [6.07, 6.45) is 2.83. The Morgan fingerprint density at radius 2 is 2.10 bits per heavy atom. The Morgan fingerprint density at radius 3 is 2.80 bits per heavy atom. The van der Waals surface area contributed by atoms with Crippen molar-refractivity contribution in [3.63, 3.8) is 0 Å². The van der Waals surface area contributed by atoms with Gasteiger partial charge in [-0.2, -0.15) is 12.7 Å². The van der Waals surface area contributed by atoms with Crippen molar-refractivity contribution in [2.45, 2.75) is 25.3 Å². The lowest BCUT2D eigenvalue weighted by atomic mass is 10.1. The second-order valence-electron chi connectivity index (χ2n) is 4.90. The summed E-state index contributed by atoms with van der Waals surface area (Å²) < 4.78 is 29.2. The van der Waals surface area contributed by atoms with Crippen LogP contribution in [-0.2, 0) is 10.2 Å². The molecule has 1 atom stereocenters. The van der Waals surface area contributed by atoms with Gasteiger partial charge in [-0.25, -0.2) is 0 Å². The van der Waals surface area contributed by atoms with Crippen LogP contribution in [0.15, 0.2) is 24.3 Å². The van der Waals surface area contributed by atoms with E-state index in [1.807, 2.05) is 7.05 Å². The summed E-state index contributed by atoms with van der Waals surface area (Å²) in [4.78, 5) is 0. The number of nitrogens with one attached hydrogen (secondary N) is 2. The Labute approximate surface area is 125 Å². The fraction of sp³-hybridized carbons (Fsp3) is 0.538. The Kier molecular flexibility index (Phi) is 5.26. The van der Waals surface area contributed by atoms with E-state index in [4.69, 9.17) is 11.6 Å². The number of halogens is 1. The topological polar surface area (TPSA) is 61.4 Å². The van der Waals surface area contributed by atoms with Crippen molar-refractivity contribution in [1.29, 1.82) is 0 Å². The molecular weight excluding hydrogens is 298 g/mol. The number of nitrogens with zero attached hydrogens (tertiary/aromatic N) is 1. The number of anilines is 1. The molecule has 1 aromatic carbocycles. The zero-order chi connectivity index (χ0) is 14.6. The Bertz CT molecular complexity index is 548. The number of benzene rings is 1. The van der Waals surface area contributed by atoms with Crippen LogP contribution in [0.25, 0.3) is 0 Å². The van der Waals surface area contributed by atoms with Crippen molar-refractivity contribution >= 4 is 27.5 Å². The Hall–Kier alpha value is -0.820. The van der Waals surface area contributed by atoms with E-state index in [-0.39, 0.29) is 6.04 Å². The van der Waals surface area contributed by atoms with Crippen LogP contribution in [-0.4, -0.2) is 38.9 Å². The monoisotopic (exact) mass is 317 g/mol. The van der Waals surface area contributed by atoms with Crippen LogP contribution in [0.5, 0.6) is 0 Å². The molecule has 0 radical (unpaired) electrons. The van der Waals surface area contributed by atoms with Gasteiger partial charge in [-0.3, -0.25) is 4.72 Å². The van der Waals surface area contributed by atoms with Crippen LogP contribution >= 0.6 is 11.6 Å². The Balaban J connectivity index is 2.18. The molecule has 1 fully saturated rings. The molecule has 112 valence electrons. The molecule has 7 heteroatoms. The highest BCUT2D eigenvalue weighted by molar-refractivity contribution is 7.90. The maximum Gasteiger partial charge on any atom is 0.301 e. The molecule has 1 unspecified atom stereocenters. The molecule has 0 spiro atoms. The van der Waals surface area contributed by atoms with Gasteiger partial charge in [0, 0.05) is 19.1 Å². The molecule has 1 aromatic rings. The minimum absolute atomic E-state index is 0.00580. The third-order valence-corrected chi connectivity index (χ3v) is 5.34. The third-order valence-electron chi connectivity index (χ3n) is 3.43. The molecule has 1 aliphatic heterocycles. The first kappa shape index (κ1) is 15.6. The highest BCUT2D eigenvalue weighted by Crippen LogP contribution is 2.25. The van der Waals surface area contributed by atoms with E-state index >= 15 is 0 Å². The first-order valence-electron chi connectivity index (χ1n) is 6.73. The summed E-state index contributed by atoms with van der Waals surface area (Å²) in [5, 5.41) is 3.46. The fourth-order valence-electron chi connectivity index (χ4n) is 2.47. The van der Waals surface area contributed by atoms with Crippen molar-refractivity contribution in [3.8, 4) is 0 Å². The van der Waals surface area contributed by atoms with Gasteiger partial charge in [0.05, 0.1) is 10.7 Å². The normalized spacial score (nSPS) is 20.8. The highest BCUT2D eigenvalue weighted by Gasteiger charge is 2.32. The van der Waals surface area contributed by atoms with E-state index in [1.54, 1.807) is 24.3 Å². The maximum atomic E-state index is 12.5. The van der Waals surface area contributed by atoms with Crippen LogP contribution in [0.4, 0.5) is 5.69 Å². The summed E-state index contributed by atoms with van der Waals surface area (Å²) in [6, 6.07) is 6.85. The first-order valence-corrected chi connectivity index (χ1v) is 8.55. The van der Waals surface area contributed by atoms with E-state index in [2.05, 4.69) is 10.0 Å². The molecule has 1 heterocycles. The number of rotatable bonds is 5. The minimum atomic E-state index is -3.57. The van der Waals surface area contributed by atoms with Gasteiger partial charge >= 0.3 is 10.2 Å². The van der Waals surface area contributed by atoms with Crippen LogP contribution in [0, 0.1) is 0 Å². The predicted molar refractivity (Wildman–Crippen MR) is 82.3 cm³/mol. The highest BCUT2D eigenvalue weighted by atomic mass is 35.5. The van der Waals surface area contributed by atoms with Crippen molar-refractivity contribution in [1.82, 2.24) is 9.62 Å². The molecule has 0 aliphatic carbocycles. The fourth-order valence-corrected chi connectivity index (χ4v) is 4.23.